The third-order valence-electron chi connectivity index (χ3n) is 2.80. The Morgan fingerprint density at radius 1 is 1.35 bits per heavy atom. The molecular formula is C14H20F2N2O2. The van der Waals surface area contributed by atoms with Crippen LogP contribution in [-0.2, 0) is 0 Å². The number of hydrogen-bond donors (Lipinski definition) is 1. The first-order valence-electron chi connectivity index (χ1n) is 6.61. The van der Waals surface area contributed by atoms with Crippen LogP contribution in [0.2, 0.25) is 0 Å². The number of halogens is 2. The molecule has 0 saturated carbocycles. The van der Waals surface area contributed by atoms with Crippen molar-refractivity contribution in [1.82, 2.24) is 10.2 Å². The van der Waals surface area contributed by atoms with E-state index in [0.29, 0.717) is 13.1 Å². The normalized spacial score (nSPS) is 11.8. The molecule has 0 fully saturated rings. The smallest absolute Gasteiger partial charge is 0.317 e. The molecule has 0 aliphatic carbocycles. The van der Waals surface area contributed by atoms with Crippen molar-refractivity contribution >= 4 is 6.03 Å². The number of urea groups is 1. The van der Waals surface area contributed by atoms with Gasteiger partial charge in [-0.1, -0.05) is 0 Å². The lowest BCUT2D eigenvalue weighted by molar-refractivity contribution is 0.191. The van der Waals surface area contributed by atoms with Gasteiger partial charge >= 0.3 is 6.03 Å². The van der Waals surface area contributed by atoms with Crippen LogP contribution in [0.3, 0.4) is 0 Å². The van der Waals surface area contributed by atoms with Crippen LogP contribution in [0.25, 0.3) is 0 Å². The molecule has 0 aromatic heterocycles. The lowest BCUT2D eigenvalue weighted by Gasteiger charge is -2.22. The van der Waals surface area contributed by atoms with Gasteiger partial charge in [-0.3, -0.25) is 0 Å². The predicted molar refractivity (Wildman–Crippen MR) is 72.8 cm³/mol. The predicted octanol–water partition coefficient (Wildman–Crippen LogP) is 2.78. The van der Waals surface area contributed by atoms with Crippen LogP contribution in [0, 0.1) is 11.6 Å². The fourth-order valence-electron chi connectivity index (χ4n) is 1.66. The van der Waals surface area contributed by atoms with Gasteiger partial charge in [0.1, 0.15) is 12.4 Å². The first-order chi connectivity index (χ1) is 9.47. The summed E-state index contributed by atoms with van der Waals surface area (Å²) in [6.07, 6.45) is 0. The SMILES string of the molecule is CCN(CC)C(=O)N[C@H](C)COc1ccc(F)cc1F. The third kappa shape index (κ3) is 4.68. The molecular weight excluding hydrogens is 266 g/mol. The van der Waals surface area contributed by atoms with Crippen LogP contribution >= 0.6 is 0 Å². The minimum atomic E-state index is -0.757. The third-order valence-corrected chi connectivity index (χ3v) is 2.80. The molecule has 0 unspecified atom stereocenters. The summed E-state index contributed by atoms with van der Waals surface area (Å²) in [6.45, 7) is 6.86. The Balaban J connectivity index is 2.47. The molecule has 2 amide bonds. The topological polar surface area (TPSA) is 41.6 Å². The summed E-state index contributed by atoms with van der Waals surface area (Å²) < 4.78 is 31.3. The molecule has 1 aromatic rings. The van der Waals surface area contributed by atoms with Crippen LogP contribution in [-0.4, -0.2) is 36.7 Å². The van der Waals surface area contributed by atoms with Crippen LogP contribution in [0.4, 0.5) is 13.6 Å². The number of hydrogen-bond acceptors (Lipinski definition) is 2. The zero-order valence-electron chi connectivity index (χ0n) is 12.0. The van der Waals surface area contributed by atoms with Crippen molar-refractivity contribution in [1.29, 1.82) is 0 Å². The van der Waals surface area contributed by atoms with E-state index in [1.807, 2.05) is 13.8 Å². The van der Waals surface area contributed by atoms with Crippen molar-refractivity contribution in [3.63, 3.8) is 0 Å². The summed E-state index contributed by atoms with van der Waals surface area (Å²) in [6, 6.07) is 2.63. The Kier molecular flexibility index (Phi) is 6.21. The van der Waals surface area contributed by atoms with Gasteiger partial charge in [-0.25, -0.2) is 13.6 Å². The lowest BCUT2D eigenvalue weighted by Crippen LogP contribution is -2.45. The molecule has 1 rings (SSSR count). The highest BCUT2D eigenvalue weighted by Gasteiger charge is 2.13. The second-order valence-electron chi connectivity index (χ2n) is 4.41. The van der Waals surface area contributed by atoms with E-state index < -0.39 is 11.6 Å². The van der Waals surface area contributed by atoms with Crippen LogP contribution in [0.15, 0.2) is 18.2 Å². The van der Waals surface area contributed by atoms with Crippen LogP contribution in [0.1, 0.15) is 20.8 Å². The van der Waals surface area contributed by atoms with Crippen molar-refractivity contribution in [2.24, 2.45) is 0 Å². The lowest BCUT2D eigenvalue weighted by atomic mass is 10.3. The number of carbonyl (C=O) groups excluding carboxylic acids is 1. The maximum absolute atomic E-state index is 13.3. The van der Waals surface area contributed by atoms with Gasteiger partial charge in [0, 0.05) is 19.2 Å². The van der Waals surface area contributed by atoms with E-state index in [9.17, 15) is 13.6 Å². The molecule has 0 heterocycles. The summed E-state index contributed by atoms with van der Waals surface area (Å²) in [5.41, 5.74) is 0. The number of nitrogens with one attached hydrogen (secondary N) is 1. The molecule has 1 N–H and O–H groups in total. The van der Waals surface area contributed by atoms with E-state index in [0.717, 1.165) is 12.1 Å². The molecule has 6 heteroatoms. The maximum atomic E-state index is 13.3. The van der Waals surface area contributed by atoms with Gasteiger partial charge < -0.3 is 15.0 Å². The average molecular weight is 286 g/mol. The minimum Gasteiger partial charge on any atom is -0.488 e. The second-order valence-corrected chi connectivity index (χ2v) is 4.41. The fourth-order valence-corrected chi connectivity index (χ4v) is 1.66. The zero-order chi connectivity index (χ0) is 15.1. The Hall–Kier alpha value is -1.85. The number of ether oxygens (including phenoxy) is 1. The van der Waals surface area contributed by atoms with Crippen LogP contribution < -0.4 is 10.1 Å². The summed E-state index contributed by atoms with van der Waals surface area (Å²) in [7, 11) is 0. The van der Waals surface area contributed by atoms with E-state index in [-0.39, 0.29) is 24.4 Å². The molecule has 112 valence electrons. The molecule has 0 radical (unpaired) electrons. The zero-order valence-corrected chi connectivity index (χ0v) is 12.0. The van der Waals surface area contributed by atoms with Crippen molar-refractivity contribution in [3.8, 4) is 5.75 Å². The van der Waals surface area contributed by atoms with Gasteiger partial charge in [-0.05, 0) is 32.9 Å². The Bertz CT molecular complexity index is 451. The molecule has 20 heavy (non-hydrogen) atoms. The molecule has 4 nitrogen and oxygen atoms in total. The standard InChI is InChI=1S/C14H20F2N2O2/c1-4-18(5-2)14(19)17-10(3)9-20-13-7-6-11(15)8-12(13)16/h6-8,10H,4-5,9H2,1-3H3,(H,17,19)/t10-/m1/s1. The van der Waals surface area contributed by atoms with Gasteiger partial charge in [-0.15, -0.1) is 0 Å². The highest BCUT2D eigenvalue weighted by atomic mass is 19.1. The summed E-state index contributed by atoms with van der Waals surface area (Å²) in [5.74, 6) is -1.44. The fraction of sp³-hybridized carbons (Fsp3) is 0.500. The first-order valence-corrected chi connectivity index (χ1v) is 6.61. The molecule has 0 saturated heterocycles. The molecule has 0 aliphatic rings. The van der Waals surface area contributed by atoms with E-state index in [4.69, 9.17) is 4.74 Å². The summed E-state index contributed by atoms with van der Waals surface area (Å²) in [4.78, 5) is 13.4. The maximum Gasteiger partial charge on any atom is 0.317 e. The van der Waals surface area contributed by atoms with Gasteiger partial charge in [0.05, 0.1) is 6.04 Å². The Labute approximate surface area is 117 Å². The molecule has 0 aliphatic heterocycles. The van der Waals surface area contributed by atoms with Crippen molar-refractivity contribution in [3.05, 3.63) is 29.8 Å². The average Bonchev–Trinajstić information content (AvgIpc) is 2.39. The number of rotatable bonds is 6. The Morgan fingerprint density at radius 3 is 2.55 bits per heavy atom. The molecule has 0 spiro atoms. The quantitative estimate of drug-likeness (QED) is 0.873. The number of nitrogens with zero attached hydrogens (tertiary/aromatic N) is 1. The minimum absolute atomic E-state index is 0.0321. The van der Waals surface area contributed by atoms with Gasteiger partial charge in [0.15, 0.2) is 11.6 Å². The van der Waals surface area contributed by atoms with Gasteiger partial charge in [0.2, 0.25) is 0 Å². The number of benzene rings is 1. The second kappa shape index (κ2) is 7.67. The van der Waals surface area contributed by atoms with E-state index in [1.165, 1.54) is 6.07 Å². The molecule has 1 atom stereocenters. The van der Waals surface area contributed by atoms with Gasteiger partial charge in [-0.2, -0.15) is 0 Å². The van der Waals surface area contributed by atoms with Crippen molar-refractivity contribution in [2.45, 2.75) is 26.8 Å². The monoisotopic (exact) mass is 286 g/mol. The van der Waals surface area contributed by atoms with E-state index >= 15 is 0 Å². The van der Waals surface area contributed by atoms with Crippen LogP contribution in [0.5, 0.6) is 5.75 Å². The largest absolute Gasteiger partial charge is 0.488 e. The first kappa shape index (κ1) is 16.2. The molecule has 0 bridgehead atoms. The number of amides is 2. The molecule has 1 aromatic carbocycles. The van der Waals surface area contributed by atoms with E-state index in [1.54, 1.807) is 11.8 Å². The van der Waals surface area contributed by atoms with E-state index in [2.05, 4.69) is 5.32 Å². The van der Waals surface area contributed by atoms with Crippen molar-refractivity contribution < 1.29 is 18.3 Å². The highest BCUT2D eigenvalue weighted by molar-refractivity contribution is 5.74. The highest BCUT2D eigenvalue weighted by Crippen LogP contribution is 2.17. The number of carbonyl (C=O) groups is 1. The van der Waals surface area contributed by atoms with Gasteiger partial charge in [0.25, 0.3) is 0 Å². The Morgan fingerprint density at radius 2 is 2.00 bits per heavy atom. The summed E-state index contributed by atoms with van der Waals surface area (Å²) >= 11 is 0. The van der Waals surface area contributed by atoms with Crippen molar-refractivity contribution in [2.75, 3.05) is 19.7 Å². The summed E-state index contributed by atoms with van der Waals surface area (Å²) in [5, 5.41) is 2.75.